The van der Waals surface area contributed by atoms with E-state index < -0.39 is 0 Å². The number of para-hydroxylation sites is 2. The summed E-state index contributed by atoms with van der Waals surface area (Å²) in [6.07, 6.45) is 4.35. The number of hydrogen-bond donors (Lipinski definition) is 1. The minimum absolute atomic E-state index is 0.0254. The fourth-order valence-electron chi connectivity index (χ4n) is 6.47. The van der Waals surface area contributed by atoms with Gasteiger partial charge in [-0.25, -0.2) is 0 Å². The van der Waals surface area contributed by atoms with Gasteiger partial charge in [-0.1, -0.05) is 92.2 Å². The lowest BCUT2D eigenvalue weighted by Gasteiger charge is -2.32. The lowest BCUT2D eigenvalue weighted by molar-refractivity contribution is -0.118. The molecular formula is C38H40ClN3O. The molecule has 1 aromatic heterocycles. The second kappa shape index (κ2) is 13.2. The maximum absolute atomic E-state index is 12.2. The molecule has 0 radical (unpaired) electrons. The normalized spacial score (nSPS) is 14.4. The SMILES string of the molecule is CC(C)C(=O)Nc1cccc(C2CCN(CCCc3c(-c4ccccc4Cl)n(-c4ccccc4)c4ccccc34)CC2)c1. The maximum atomic E-state index is 12.2. The second-order valence-corrected chi connectivity index (χ2v) is 12.4. The lowest BCUT2D eigenvalue weighted by atomic mass is 9.89. The molecule has 4 aromatic carbocycles. The molecule has 0 bridgehead atoms. The molecule has 43 heavy (non-hydrogen) atoms. The molecule has 5 heteroatoms. The molecule has 0 saturated carbocycles. The van der Waals surface area contributed by atoms with Crippen LogP contribution in [0.15, 0.2) is 103 Å². The summed E-state index contributed by atoms with van der Waals surface area (Å²) < 4.78 is 2.38. The van der Waals surface area contributed by atoms with Gasteiger partial charge in [-0.05, 0) is 98.8 Å². The Morgan fingerprint density at radius 3 is 2.37 bits per heavy atom. The molecule has 1 saturated heterocycles. The summed E-state index contributed by atoms with van der Waals surface area (Å²) in [4.78, 5) is 14.8. The molecular weight excluding hydrogens is 550 g/mol. The Balaban J connectivity index is 1.18. The van der Waals surface area contributed by atoms with E-state index in [-0.39, 0.29) is 11.8 Å². The van der Waals surface area contributed by atoms with Crippen LogP contribution in [-0.4, -0.2) is 35.0 Å². The van der Waals surface area contributed by atoms with Crippen molar-refractivity contribution in [2.75, 3.05) is 25.0 Å². The molecule has 1 amide bonds. The van der Waals surface area contributed by atoms with Crippen LogP contribution in [0.25, 0.3) is 27.8 Å². The molecule has 4 nitrogen and oxygen atoms in total. The molecule has 5 aromatic rings. The van der Waals surface area contributed by atoms with Crippen molar-refractivity contribution < 1.29 is 4.79 Å². The minimum atomic E-state index is -0.0254. The fraction of sp³-hybridized carbons (Fsp3) is 0.289. The number of nitrogens with one attached hydrogen (secondary N) is 1. The summed E-state index contributed by atoms with van der Waals surface area (Å²) in [5, 5.41) is 5.13. The quantitative estimate of drug-likeness (QED) is 0.186. The zero-order chi connectivity index (χ0) is 29.8. The highest BCUT2D eigenvalue weighted by atomic mass is 35.5. The van der Waals surface area contributed by atoms with E-state index in [0.717, 1.165) is 67.3 Å². The predicted molar refractivity (Wildman–Crippen MR) is 180 cm³/mol. The summed E-state index contributed by atoms with van der Waals surface area (Å²) in [6, 6.07) is 36.0. The van der Waals surface area contributed by atoms with Crippen LogP contribution >= 0.6 is 11.6 Å². The van der Waals surface area contributed by atoms with Crippen LogP contribution < -0.4 is 5.32 Å². The van der Waals surface area contributed by atoms with E-state index in [2.05, 4.69) is 99.7 Å². The van der Waals surface area contributed by atoms with Gasteiger partial charge >= 0.3 is 0 Å². The monoisotopic (exact) mass is 589 g/mol. The van der Waals surface area contributed by atoms with Gasteiger partial charge < -0.3 is 14.8 Å². The first-order chi connectivity index (χ1) is 21.0. The van der Waals surface area contributed by atoms with E-state index in [0.29, 0.717) is 5.92 Å². The Morgan fingerprint density at radius 1 is 0.884 bits per heavy atom. The number of anilines is 1. The number of nitrogens with zero attached hydrogens (tertiary/aromatic N) is 2. The molecule has 1 aliphatic heterocycles. The molecule has 0 spiro atoms. The highest BCUT2D eigenvalue weighted by Crippen LogP contribution is 2.40. The molecule has 1 N–H and O–H groups in total. The molecule has 0 unspecified atom stereocenters. The fourth-order valence-corrected chi connectivity index (χ4v) is 6.69. The topological polar surface area (TPSA) is 37.3 Å². The number of rotatable bonds is 9. The van der Waals surface area contributed by atoms with Crippen molar-refractivity contribution in [2.45, 2.75) is 45.4 Å². The van der Waals surface area contributed by atoms with Crippen molar-refractivity contribution in [3.8, 4) is 16.9 Å². The van der Waals surface area contributed by atoms with Gasteiger partial charge in [0.1, 0.15) is 0 Å². The third-order valence-electron chi connectivity index (χ3n) is 8.76. The average Bonchev–Trinajstić information content (AvgIpc) is 3.36. The number of hydrogen-bond acceptors (Lipinski definition) is 2. The number of fused-ring (bicyclic) bond motifs is 1. The summed E-state index contributed by atoms with van der Waals surface area (Å²) >= 11 is 6.84. The van der Waals surface area contributed by atoms with Gasteiger partial charge in [0.05, 0.1) is 11.2 Å². The molecule has 220 valence electrons. The summed E-state index contributed by atoms with van der Waals surface area (Å²) in [5.41, 5.74) is 8.23. The van der Waals surface area contributed by atoms with Gasteiger partial charge in [0, 0.05) is 33.3 Å². The highest BCUT2D eigenvalue weighted by Gasteiger charge is 2.23. The Kier molecular flexibility index (Phi) is 8.97. The summed E-state index contributed by atoms with van der Waals surface area (Å²) in [7, 11) is 0. The van der Waals surface area contributed by atoms with Crippen molar-refractivity contribution in [3.63, 3.8) is 0 Å². The highest BCUT2D eigenvalue weighted by molar-refractivity contribution is 6.33. The molecule has 1 aliphatic rings. The van der Waals surface area contributed by atoms with Crippen LogP contribution in [0.1, 0.15) is 50.2 Å². The predicted octanol–water partition coefficient (Wildman–Crippen LogP) is 9.36. The van der Waals surface area contributed by atoms with Gasteiger partial charge in [-0.15, -0.1) is 0 Å². The first-order valence-corrected chi connectivity index (χ1v) is 15.9. The van der Waals surface area contributed by atoms with Crippen LogP contribution in [0.2, 0.25) is 5.02 Å². The maximum Gasteiger partial charge on any atom is 0.226 e. The molecule has 1 fully saturated rings. The number of aryl methyl sites for hydroxylation is 1. The molecule has 0 atom stereocenters. The number of benzene rings is 4. The third kappa shape index (κ3) is 6.41. The van der Waals surface area contributed by atoms with E-state index in [4.69, 9.17) is 11.6 Å². The molecule has 2 heterocycles. The number of carbonyl (C=O) groups excluding carboxylic acids is 1. The Labute approximate surface area is 260 Å². The van der Waals surface area contributed by atoms with Gasteiger partial charge in [0.25, 0.3) is 0 Å². The number of amides is 1. The van der Waals surface area contributed by atoms with E-state index >= 15 is 0 Å². The number of halogens is 1. The smallest absolute Gasteiger partial charge is 0.226 e. The largest absolute Gasteiger partial charge is 0.326 e. The first kappa shape index (κ1) is 29.2. The minimum Gasteiger partial charge on any atom is -0.326 e. The van der Waals surface area contributed by atoms with E-state index in [9.17, 15) is 4.79 Å². The van der Waals surface area contributed by atoms with Gasteiger partial charge in [0.15, 0.2) is 0 Å². The van der Waals surface area contributed by atoms with Crippen LogP contribution in [0, 0.1) is 5.92 Å². The Hall–Kier alpha value is -3.86. The van der Waals surface area contributed by atoms with Crippen molar-refractivity contribution in [1.29, 1.82) is 0 Å². The van der Waals surface area contributed by atoms with E-state index in [1.165, 1.54) is 27.7 Å². The number of likely N-dealkylation sites (tertiary alicyclic amines) is 1. The van der Waals surface area contributed by atoms with Crippen molar-refractivity contribution in [2.24, 2.45) is 5.92 Å². The van der Waals surface area contributed by atoms with Crippen molar-refractivity contribution in [3.05, 3.63) is 119 Å². The zero-order valence-electron chi connectivity index (χ0n) is 25.1. The zero-order valence-corrected chi connectivity index (χ0v) is 25.9. The van der Waals surface area contributed by atoms with Crippen LogP contribution in [0.5, 0.6) is 0 Å². The first-order valence-electron chi connectivity index (χ1n) is 15.6. The molecule has 0 aliphatic carbocycles. The average molecular weight is 590 g/mol. The van der Waals surface area contributed by atoms with Gasteiger partial charge in [-0.3, -0.25) is 4.79 Å². The van der Waals surface area contributed by atoms with Crippen LogP contribution in [-0.2, 0) is 11.2 Å². The van der Waals surface area contributed by atoms with Gasteiger partial charge in [0.2, 0.25) is 5.91 Å². The molecule has 6 rings (SSSR count). The number of carbonyl (C=O) groups is 1. The van der Waals surface area contributed by atoms with E-state index in [1.54, 1.807) is 0 Å². The van der Waals surface area contributed by atoms with Crippen LogP contribution in [0.4, 0.5) is 5.69 Å². The third-order valence-corrected chi connectivity index (χ3v) is 9.09. The van der Waals surface area contributed by atoms with Crippen molar-refractivity contribution in [1.82, 2.24) is 9.47 Å². The number of piperidine rings is 1. The van der Waals surface area contributed by atoms with Crippen molar-refractivity contribution >= 4 is 34.1 Å². The van der Waals surface area contributed by atoms with E-state index in [1.807, 2.05) is 32.0 Å². The Bertz CT molecular complexity index is 1700. The Morgan fingerprint density at radius 2 is 1.60 bits per heavy atom. The number of aromatic nitrogens is 1. The second-order valence-electron chi connectivity index (χ2n) is 12.0. The van der Waals surface area contributed by atoms with Gasteiger partial charge in [-0.2, -0.15) is 0 Å². The standard InChI is InChI=1S/C38H40ClN3O/c1-27(2)38(43)40-30-13-10-12-29(26-30)28-21-24-41(25-22-28)23-11-18-33-32-16-7-9-20-36(32)42(31-14-4-3-5-15-31)37(33)34-17-6-8-19-35(34)39/h3-10,12-17,19-20,26-28H,11,18,21-25H2,1-2H3,(H,40,43). The lowest BCUT2D eigenvalue weighted by Crippen LogP contribution is -2.33. The summed E-state index contributed by atoms with van der Waals surface area (Å²) in [6.45, 7) is 7.11. The van der Waals surface area contributed by atoms with Crippen LogP contribution in [0.3, 0.4) is 0 Å². The summed E-state index contributed by atoms with van der Waals surface area (Å²) in [5.74, 6) is 0.571.